The number of piperidine rings is 1. The van der Waals surface area contributed by atoms with Gasteiger partial charge in [0.05, 0.1) is 21.3 Å². The Hall–Kier alpha value is -2.67. The van der Waals surface area contributed by atoms with Gasteiger partial charge in [-0.1, -0.05) is 12.1 Å². The fraction of sp³-hybridized carbons (Fsp3) is 0.333. The van der Waals surface area contributed by atoms with Gasteiger partial charge < -0.3 is 15.0 Å². The number of carbonyl (C=O) groups excluding carboxylic acids is 2. The van der Waals surface area contributed by atoms with Crippen LogP contribution in [-0.4, -0.2) is 42.0 Å². The SMILES string of the molecule is C[S@@](=O)c1ccccc1C(=O)OCC(=O)Nc1ccc(N2CCCCC2)cc1. The lowest BCUT2D eigenvalue weighted by molar-refractivity contribution is -0.119. The van der Waals surface area contributed by atoms with E-state index in [4.69, 9.17) is 4.74 Å². The molecule has 6 nitrogen and oxygen atoms in total. The summed E-state index contributed by atoms with van der Waals surface area (Å²) in [6, 6.07) is 14.2. The summed E-state index contributed by atoms with van der Waals surface area (Å²) in [7, 11) is -1.32. The summed E-state index contributed by atoms with van der Waals surface area (Å²) in [6.07, 6.45) is 5.19. The van der Waals surface area contributed by atoms with Crippen molar-refractivity contribution in [1.82, 2.24) is 0 Å². The van der Waals surface area contributed by atoms with Crippen LogP contribution in [0, 0.1) is 0 Å². The Morgan fingerprint density at radius 3 is 2.39 bits per heavy atom. The Balaban J connectivity index is 1.53. The standard InChI is InChI=1S/C21H24N2O4S/c1-28(26)19-8-4-3-7-18(19)21(25)27-15-20(24)22-16-9-11-17(12-10-16)23-13-5-2-6-14-23/h3-4,7-12H,2,5-6,13-15H2,1H3,(H,22,24)/t28-/m1/s1. The summed E-state index contributed by atoms with van der Waals surface area (Å²) in [5, 5.41) is 2.72. The van der Waals surface area contributed by atoms with Crippen LogP contribution in [0.2, 0.25) is 0 Å². The molecule has 2 aromatic carbocycles. The molecule has 2 aromatic rings. The second-order valence-electron chi connectivity index (χ2n) is 6.67. The molecule has 0 radical (unpaired) electrons. The van der Waals surface area contributed by atoms with Crippen LogP contribution in [0.4, 0.5) is 11.4 Å². The maximum atomic E-state index is 12.2. The van der Waals surface area contributed by atoms with Gasteiger partial charge in [-0.15, -0.1) is 0 Å². The Labute approximate surface area is 167 Å². The summed E-state index contributed by atoms with van der Waals surface area (Å²) in [5.41, 5.74) is 2.01. The number of hydrogen-bond acceptors (Lipinski definition) is 5. The minimum absolute atomic E-state index is 0.210. The van der Waals surface area contributed by atoms with Gasteiger partial charge in [-0.2, -0.15) is 0 Å². The lowest BCUT2D eigenvalue weighted by atomic mass is 10.1. The normalized spacial score (nSPS) is 15.0. The lowest BCUT2D eigenvalue weighted by Crippen LogP contribution is -2.29. The Morgan fingerprint density at radius 2 is 1.71 bits per heavy atom. The molecule has 0 bridgehead atoms. The van der Waals surface area contributed by atoms with Gasteiger partial charge in [-0.05, 0) is 55.7 Å². The molecule has 1 atom stereocenters. The first-order valence-corrected chi connectivity index (χ1v) is 10.8. The van der Waals surface area contributed by atoms with Crippen molar-refractivity contribution in [3.05, 3.63) is 54.1 Å². The molecular weight excluding hydrogens is 376 g/mol. The van der Waals surface area contributed by atoms with Gasteiger partial charge in [-0.25, -0.2) is 4.79 Å². The molecule has 1 amide bonds. The molecule has 7 heteroatoms. The van der Waals surface area contributed by atoms with Gasteiger partial charge in [0.25, 0.3) is 5.91 Å². The fourth-order valence-electron chi connectivity index (χ4n) is 3.20. The van der Waals surface area contributed by atoms with Crippen molar-refractivity contribution in [3.8, 4) is 0 Å². The van der Waals surface area contributed by atoms with Crippen LogP contribution in [0.1, 0.15) is 29.6 Å². The van der Waals surface area contributed by atoms with Crippen LogP contribution in [0.3, 0.4) is 0 Å². The maximum absolute atomic E-state index is 12.2. The highest BCUT2D eigenvalue weighted by Gasteiger charge is 2.16. The number of amides is 1. The summed E-state index contributed by atoms with van der Waals surface area (Å²) in [5.74, 6) is -1.09. The van der Waals surface area contributed by atoms with E-state index in [1.54, 1.807) is 18.2 Å². The number of benzene rings is 2. The molecule has 0 aliphatic carbocycles. The van der Waals surface area contributed by atoms with Gasteiger partial charge in [0, 0.05) is 30.7 Å². The van der Waals surface area contributed by atoms with E-state index in [-0.39, 0.29) is 5.56 Å². The summed E-state index contributed by atoms with van der Waals surface area (Å²) in [4.78, 5) is 27.0. The molecule has 1 fully saturated rings. The summed E-state index contributed by atoms with van der Waals surface area (Å²) >= 11 is 0. The van der Waals surface area contributed by atoms with Crippen molar-refractivity contribution in [3.63, 3.8) is 0 Å². The molecule has 1 N–H and O–H groups in total. The van der Waals surface area contributed by atoms with Crippen LogP contribution in [-0.2, 0) is 20.3 Å². The molecule has 1 heterocycles. The first-order valence-electron chi connectivity index (χ1n) is 9.29. The van der Waals surface area contributed by atoms with Gasteiger partial charge in [0.2, 0.25) is 0 Å². The first kappa shape index (κ1) is 20.1. The van der Waals surface area contributed by atoms with E-state index in [1.807, 2.05) is 24.3 Å². The van der Waals surface area contributed by atoms with Crippen LogP contribution in [0.25, 0.3) is 0 Å². The molecule has 28 heavy (non-hydrogen) atoms. The molecule has 1 aliphatic heterocycles. The predicted molar refractivity (Wildman–Crippen MR) is 110 cm³/mol. The Bertz CT molecular complexity index is 861. The van der Waals surface area contributed by atoms with E-state index in [1.165, 1.54) is 31.6 Å². The second-order valence-corrected chi connectivity index (χ2v) is 8.02. The van der Waals surface area contributed by atoms with Crippen molar-refractivity contribution in [2.75, 3.05) is 36.2 Å². The van der Waals surface area contributed by atoms with Crippen molar-refractivity contribution in [2.24, 2.45) is 0 Å². The van der Waals surface area contributed by atoms with Crippen molar-refractivity contribution in [2.45, 2.75) is 24.2 Å². The minimum atomic E-state index is -1.32. The third kappa shape index (κ3) is 5.19. The highest BCUT2D eigenvalue weighted by Crippen LogP contribution is 2.21. The number of nitrogens with one attached hydrogen (secondary N) is 1. The molecule has 0 saturated carbocycles. The van der Waals surface area contributed by atoms with Crippen molar-refractivity contribution < 1.29 is 18.5 Å². The zero-order valence-electron chi connectivity index (χ0n) is 15.8. The topological polar surface area (TPSA) is 75.7 Å². The molecule has 0 spiro atoms. The van der Waals surface area contributed by atoms with Gasteiger partial charge in [0.1, 0.15) is 0 Å². The molecular formula is C21H24N2O4S. The predicted octanol–water partition coefficient (Wildman–Crippen LogP) is 3.21. The Morgan fingerprint density at radius 1 is 1.04 bits per heavy atom. The van der Waals surface area contributed by atoms with E-state index >= 15 is 0 Å². The molecule has 0 aromatic heterocycles. The minimum Gasteiger partial charge on any atom is -0.452 e. The molecule has 1 saturated heterocycles. The quantitative estimate of drug-likeness (QED) is 0.754. The molecule has 148 valence electrons. The number of carbonyl (C=O) groups is 2. The zero-order chi connectivity index (χ0) is 19.9. The average Bonchev–Trinajstić information content (AvgIpc) is 2.73. The van der Waals surface area contributed by atoms with E-state index in [9.17, 15) is 13.8 Å². The smallest absolute Gasteiger partial charge is 0.339 e. The first-order chi connectivity index (χ1) is 13.5. The van der Waals surface area contributed by atoms with Gasteiger partial charge in [-0.3, -0.25) is 9.00 Å². The second kappa shape index (κ2) is 9.50. The number of rotatable bonds is 6. The molecule has 3 rings (SSSR count). The highest BCUT2D eigenvalue weighted by atomic mass is 32.2. The van der Waals surface area contributed by atoms with Crippen LogP contribution in [0.5, 0.6) is 0 Å². The average molecular weight is 401 g/mol. The monoisotopic (exact) mass is 400 g/mol. The van der Waals surface area contributed by atoms with E-state index in [2.05, 4.69) is 10.2 Å². The van der Waals surface area contributed by atoms with E-state index < -0.39 is 29.3 Å². The number of anilines is 2. The van der Waals surface area contributed by atoms with E-state index in [0.29, 0.717) is 10.6 Å². The Kier molecular flexibility index (Phi) is 6.81. The van der Waals surface area contributed by atoms with Crippen LogP contribution >= 0.6 is 0 Å². The van der Waals surface area contributed by atoms with Gasteiger partial charge in [0.15, 0.2) is 6.61 Å². The third-order valence-electron chi connectivity index (χ3n) is 4.62. The van der Waals surface area contributed by atoms with Crippen LogP contribution < -0.4 is 10.2 Å². The van der Waals surface area contributed by atoms with Crippen LogP contribution in [0.15, 0.2) is 53.4 Å². The van der Waals surface area contributed by atoms with Crippen molar-refractivity contribution in [1.29, 1.82) is 0 Å². The number of ether oxygens (including phenoxy) is 1. The summed E-state index contributed by atoms with van der Waals surface area (Å²) in [6.45, 7) is 1.72. The van der Waals surface area contributed by atoms with Crippen molar-refractivity contribution >= 4 is 34.1 Å². The zero-order valence-corrected chi connectivity index (χ0v) is 16.7. The number of nitrogens with zero attached hydrogens (tertiary/aromatic N) is 1. The number of hydrogen-bond donors (Lipinski definition) is 1. The maximum Gasteiger partial charge on any atom is 0.339 e. The molecule has 1 aliphatic rings. The number of esters is 1. The fourth-order valence-corrected chi connectivity index (χ4v) is 3.93. The highest BCUT2D eigenvalue weighted by molar-refractivity contribution is 7.84. The van der Waals surface area contributed by atoms with Gasteiger partial charge >= 0.3 is 5.97 Å². The molecule has 0 unspecified atom stereocenters. The van der Waals surface area contributed by atoms with E-state index in [0.717, 1.165) is 18.8 Å². The summed E-state index contributed by atoms with van der Waals surface area (Å²) < 4.78 is 16.8. The lowest BCUT2D eigenvalue weighted by Gasteiger charge is -2.28. The largest absolute Gasteiger partial charge is 0.452 e. The third-order valence-corrected chi connectivity index (χ3v) is 5.60.